The minimum atomic E-state index is -0.858. The lowest BCUT2D eigenvalue weighted by Crippen LogP contribution is -2.48. The van der Waals surface area contributed by atoms with Crippen LogP contribution < -0.4 is 0 Å². The lowest BCUT2D eigenvalue weighted by Gasteiger charge is -2.35. The summed E-state index contributed by atoms with van der Waals surface area (Å²) in [6.45, 7) is 9.82. The van der Waals surface area contributed by atoms with Crippen LogP contribution in [0.3, 0.4) is 0 Å². The van der Waals surface area contributed by atoms with E-state index in [4.69, 9.17) is 5.11 Å². The number of nitrogens with zero attached hydrogens (tertiary/aromatic N) is 1. The van der Waals surface area contributed by atoms with Crippen molar-refractivity contribution < 1.29 is 15.0 Å². The molecule has 15 heavy (non-hydrogen) atoms. The third kappa shape index (κ3) is 5.14. The average Bonchev–Trinajstić information content (AvgIpc) is 2.01. The predicted octanol–water partition coefficient (Wildman–Crippen LogP) is 1.19. The Bertz CT molecular complexity index is 212. The van der Waals surface area contributed by atoms with Crippen molar-refractivity contribution in [2.45, 2.75) is 46.3 Å². The van der Waals surface area contributed by atoms with E-state index in [0.717, 1.165) is 0 Å². The molecule has 0 aromatic heterocycles. The van der Waals surface area contributed by atoms with Crippen molar-refractivity contribution in [3.63, 3.8) is 0 Å². The third-order valence-electron chi connectivity index (χ3n) is 2.84. The smallest absolute Gasteiger partial charge is 0.317 e. The number of hydrogen-bond donors (Lipinski definition) is 2. The van der Waals surface area contributed by atoms with Crippen LogP contribution in [0.2, 0.25) is 0 Å². The van der Waals surface area contributed by atoms with Crippen molar-refractivity contribution in [1.82, 2.24) is 4.90 Å². The van der Waals surface area contributed by atoms with Gasteiger partial charge in [0.15, 0.2) is 0 Å². The number of aliphatic carboxylic acids is 1. The molecular formula is C11H23NO3. The summed E-state index contributed by atoms with van der Waals surface area (Å²) in [5.41, 5.74) is -0.848. The summed E-state index contributed by atoms with van der Waals surface area (Å²) in [7, 11) is 0. The van der Waals surface area contributed by atoms with E-state index in [9.17, 15) is 9.90 Å². The van der Waals surface area contributed by atoms with Crippen LogP contribution in [0.15, 0.2) is 0 Å². The highest BCUT2D eigenvalue weighted by Gasteiger charge is 2.29. The zero-order valence-corrected chi connectivity index (χ0v) is 10.3. The molecule has 0 bridgehead atoms. The molecule has 0 amide bonds. The maximum atomic E-state index is 10.6. The molecule has 0 heterocycles. The Labute approximate surface area is 91.9 Å². The van der Waals surface area contributed by atoms with Gasteiger partial charge >= 0.3 is 5.97 Å². The van der Waals surface area contributed by atoms with Crippen LogP contribution in [0.25, 0.3) is 0 Å². The molecule has 0 aliphatic rings. The van der Waals surface area contributed by atoms with Crippen LogP contribution in [-0.4, -0.2) is 45.8 Å². The molecule has 1 unspecified atom stereocenters. The number of hydrogen-bond acceptors (Lipinski definition) is 3. The first-order chi connectivity index (χ1) is 6.66. The Morgan fingerprint density at radius 2 is 1.80 bits per heavy atom. The van der Waals surface area contributed by atoms with E-state index < -0.39 is 11.6 Å². The Balaban J connectivity index is 4.47. The van der Waals surface area contributed by atoms with Crippen molar-refractivity contribution in [3.8, 4) is 0 Å². The molecule has 0 aliphatic heterocycles. The van der Waals surface area contributed by atoms with Gasteiger partial charge in [-0.3, -0.25) is 9.69 Å². The second-order valence-corrected chi connectivity index (χ2v) is 4.90. The fraction of sp³-hybridized carbons (Fsp3) is 0.909. The molecule has 0 radical (unpaired) electrons. The Hall–Kier alpha value is -0.610. The maximum absolute atomic E-state index is 10.6. The van der Waals surface area contributed by atoms with Crippen LogP contribution in [0.1, 0.15) is 34.6 Å². The molecule has 4 nitrogen and oxygen atoms in total. The highest BCUT2D eigenvalue weighted by molar-refractivity contribution is 5.69. The fourth-order valence-corrected chi connectivity index (χ4v) is 1.19. The van der Waals surface area contributed by atoms with Crippen LogP contribution in [0.5, 0.6) is 0 Å². The van der Waals surface area contributed by atoms with Gasteiger partial charge < -0.3 is 10.2 Å². The SMILES string of the molecule is CC(C)N(CC(=O)O)CC(C)(O)C(C)C. The molecule has 0 spiro atoms. The van der Waals surface area contributed by atoms with Gasteiger partial charge in [-0.1, -0.05) is 13.8 Å². The lowest BCUT2D eigenvalue weighted by molar-refractivity contribution is -0.140. The largest absolute Gasteiger partial charge is 0.480 e. The van der Waals surface area contributed by atoms with Gasteiger partial charge in [0.2, 0.25) is 0 Å². The zero-order chi connectivity index (χ0) is 12.2. The summed E-state index contributed by atoms with van der Waals surface area (Å²) in [6.07, 6.45) is 0. The van der Waals surface area contributed by atoms with Gasteiger partial charge in [0.1, 0.15) is 0 Å². The van der Waals surface area contributed by atoms with E-state index in [0.29, 0.717) is 6.54 Å². The standard InChI is InChI=1S/C11H23NO3/c1-8(2)11(5,15)7-12(9(3)4)6-10(13)14/h8-9,15H,6-7H2,1-5H3,(H,13,14). The second-order valence-electron chi connectivity index (χ2n) is 4.90. The van der Waals surface area contributed by atoms with Crippen LogP contribution in [0.4, 0.5) is 0 Å². The molecule has 1 atom stereocenters. The fourth-order valence-electron chi connectivity index (χ4n) is 1.19. The molecule has 0 saturated heterocycles. The molecule has 0 aromatic rings. The second kappa shape index (κ2) is 5.47. The minimum Gasteiger partial charge on any atom is -0.480 e. The summed E-state index contributed by atoms with van der Waals surface area (Å²) >= 11 is 0. The molecule has 0 rings (SSSR count). The molecule has 4 heteroatoms. The number of rotatable bonds is 6. The summed E-state index contributed by atoms with van der Waals surface area (Å²) < 4.78 is 0. The van der Waals surface area contributed by atoms with Gasteiger partial charge in [-0.05, 0) is 26.7 Å². The van der Waals surface area contributed by atoms with Gasteiger partial charge in [0.05, 0.1) is 12.1 Å². The summed E-state index contributed by atoms with van der Waals surface area (Å²) in [4.78, 5) is 12.4. The molecule has 0 fully saturated rings. The third-order valence-corrected chi connectivity index (χ3v) is 2.84. The number of carbonyl (C=O) groups is 1. The van der Waals surface area contributed by atoms with E-state index in [1.165, 1.54) is 0 Å². The van der Waals surface area contributed by atoms with Gasteiger partial charge in [0, 0.05) is 12.6 Å². The molecule has 0 aromatic carbocycles. The molecule has 2 N–H and O–H groups in total. The summed E-state index contributed by atoms with van der Waals surface area (Å²) in [5.74, 6) is -0.754. The van der Waals surface area contributed by atoms with Gasteiger partial charge in [-0.2, -0.15) is 0 Å². The first-order valence-corrected chi connectivity index (χ1v) is 5.35. The molecule has 0 saturated carbocycles. The van der Waals surface area contributed by atoms with Gasteiger partial charge in [0.25, 0.3) is 0 Å². The van der Waals surface area contributed by atoms with E-state index in [-0.39, 0.29) is 18.5 Å². The average molecular weight is 217 g/mol. The number of aliphatic hydroxyl groups is 1. The Morgan fingerprint density at radius 3 is 2.07 bits per heavy atom. The first kappa shape index (κ1) is 14.4. The topological polar surface area (TPSA) is 60.8 Å². The summed E-state index contributed by atoms with van der Waals surface area (Å²) in [6, 6.07) is 0.117. The van der Waals surface area contributed by atoms with Crippen molar-refractivity contribution in [2.24, 2.45) is 5.92 Å². The van der Waals surface area contributed by atoms with Crippen LogP contribution in [-0.2, 0) is 4.79 Å². The number of carboxylic acids is 1. The highest BCUT2D eigenvalue weighted by atomic mass is 16.4. The molecule has 90 valence electrons. The van der Waals surface area contributed by atoms with E-state index in [1.54, 1.807) is 11.8 Å². The summed E-state index contributed by atoms with van der Waals surface area (Å²) in [5, 5.41) is 18.8. The van der Waals surface area contributed by atoms with E-state index in [1.807, 2.05) is 27.7 Å². The van der Waals surface area contributed by atoms with Crippen molar-refractivity contribution in [3.05, 3.63) is 0 Å². The van der Waals surface area contributed by atoms with Crippen molar-refractivity contribution in [1.29, 1.82) is 0 Å². The van der Waals surface area contributed by atoms with Crippen molar-refractivity contribution >= 4 is 5.97 Å². The van der Waals surface area contributed by atoms with E-state index >= 15 is 0 Å². The number of carboxylic acid groups (broad SMARTS) is 1. The zero-order valence-electron chi connectivity index (χ0n) is 10.3. The minimum absolute atomic E-state index is 0.0272. The Kier molecular flexibility index (Phi) is 5.24. The van der Waals surface area contributed by atoms with Crippen LogP contribution >= 0.6 is 0 Å². The predicted molar refractivity (Wildman–Crippen MR) is 59.8 cm³/mol. The maximum Gasteiger partial charge on any atom is 0.317 e. The van der Waals surface area contributed by atoms with Crippen LogP contribution in [0, 0.1) is 5.92 Å². The van der Waals surface area contributed by atoms with Gasteiger partial charge in [-0.15, -0.1) is 0 Å². The normalized spacial score (nSPS) is 16.1. The van der Waals surface area contributed by atoms with Gasteiger partial charge in [-0.25, -0.2) is 0 Å². The molecule has 0 aliphatic carbocycles. The van der Waals surface area contributed by atoms with E-state index in [2.05, 4.69) is 0 Å². The Morgan fingerprint density at radius 1 is 1.33 bits per heavy atom. The lowest BCUT2D eigenvalue weighted by atomic mass is 9.91. The monoisotopic (exact) mass is 217 g/mol. The molecular weight excluding hydrogens is 194 g/mol. The highest BCUT2D eigenvalue weighted by Crippen LogP contribution is 2.18. The first-order valence-electron chi connectivity index (χ1n) is 5.35. The quantitative estimate of drug-likeness (QED) is 0.701. The van der Waals surface area contributed by atoms with Crippen molar-refractivity contribution in [2.75, 3.05) is 13.1 Å².